The highest BCUT2D eigenvalue weighted by Gasteiger charge is 2.24. The average molecular weight is 432 g/mol. The number of thioether (sulfide) groups is 1. The van der Waals surface area contributed by atoms with Crippen LogP contribution in [0.2, 0.25) is 5.02 Å². The van der Waals surface area contributed by atoms with Gasteiger partial charge in [-0.05, 0) is 60.2 Å². The van der Waals surface area contributed by atoms with E-state index in [1.807, 2.05) is 19.1 Å². The molecule has 1 aliphatic rings. The molecular weight excluding hydrogens is 414 g/mol. The minimum Gasteiger partial charge on any atom is -0.493 e. The van der Waals surface area contributed by atoms with Gasteiger partial charge >= 0.3 is 0 Å². The minimum absolute atomic E-state index is 0.250. The van der Waals surface area contributed by atoms with Crippen molar-refractivity contribution >= 4 is 52.1 Å². The molecule has 3 rings (SSSR count). The summed E-state index contributed by atoms with van der Waals surface area (Å²) in [5.74, 6) is -0.0263. The van der Waals surface area contributed by atoms with Crippen molar-refractivity contribution in [1.82, 2.24) is 5.32 Å². The molecule has 0 aliphatic carbocycles. The van der Waals surface area contributed by atoms with Gasteiger partial charge in [0.25, 0.3) is 11.8 Å². The van der Waals surface area contributed by atoms with E-state index in [0.717, 1.165) is 11.1 Å². The minimum atomic E-state index is -0.584. The van der Waals surface area contributed by atoms with Crippen molar-refractivity contribution in [3.63, 3.8) is 0 Å². The van der Waals surface area contributed by atoms with E-state index >= 15 is 0 Å². The number of hydrogen-bond donors (Lipinski definition) is 2. The van der Waals surface area contributed by atoms with Gasteiger partial charge in [-0.15, -0.1) is 0 Å². The summed E-state index contributed by atoms with van der Waals surface area (Å²) >= 11 is 7.35. The second-order valence-electron chi connectivity index (χ2n) is 6.08. The molecule has 29 heavy (non-hydrogen) atoms. The summed E-state index contributed by atoms with van der Waals surface area (Å²) in [6.07, 6.45) is 1.71. The molecular formula is C20H18ClN3O4S. The number of aryl methyl sites for hydroxylation is 1. The maximum Gasteiger partial charge on any atom is 0.264 e. The number of amides is 2. The molecule has 0 bridgehead atoms. The number of amidine groups is 1. The van der Waals surface area contributed by atoms with Gasteiger partial charge in [-0.2, -0.15) is 0 Å². The lowest BCUT2D eigenvalue weighted by atomic mass is 10.2. The Morgan fingerprint density at radius 3 is 2.76 bits per heavy atom. The Kier molecular flexibility index (Phi) is 6.46. The number of benzene rings is 2. The highest BCUT2D eigenvalue weighted by atomic mass is 35.5. The summed E-state index contributed by atoms with van der Waals surface area (Å²) in [6, 6.07) is 10.5. The fraction of sp³-hybridized carbons (Fsp3) is 0.150. The summed E-state index contributed by atoms with van der Waals surface area (Å²) in [5.41, 5.74) is 7.43. The molecule has 0 saturated carbocycles. The number of halogens is 1. The quantitative estimate of drug-likeness (QED) is 0.682. The Hall–Kier alpha value is -2.97. The highest BCUT2D eigenvalue weighted by molar-refractivity contribution is 8.18. The van der Waals surface area contributed by atoms with Gasteiger partial charge in [0.05, 0.1) is 17.7 Å². The molecule has 2 amide bonds. The van der Waals surface area contributed by atoms with Gasteiger partial charge in [0.1, 0.15) is 0 Å². The van der Waals surface area contributed by atoms with E-state index in [0.29, 0.717) is 32.3 Å². The van der Waals surface area contributed by atoms with Crippen molar-refractivity contribution in [2.45, 2.75) is 6.92 Å². The fourth-order valence-corrected chi connectivity index (χ4v) is 3.46. The Labute approximate surface area is 176 Å². The summed E-state index contributed by atoms with van der Waals surface area (Å²) < 4.78 is 10.6. The SMILES string of the molecule is COc1cc(/C=C2\SC(=Nc3ccc(C)c(Cl)c3)NC2=O)ccc1OCC(N)=O. The lowest BCUT2D eigenvalue weighted by Crippen LogP contribution is -2.20. The molecule has 2 aromatic rings. The molecule has 1 saturated heterocycles. The summed E-state index contributed by atoms with van der Waals surface area (Å²) in [7, 11) is 1.48. The largest absolute Gasteiger partial charge is 0.493 e. The fourth-order valence-electron chi connectivity index (χ4n) is 2.44. The Morgan fingerprint density at radius 2 is 2.07 bits per heavy atom. The molecule has 9 heteroatoms. The number of carbonyl (C=O) groups is 2. The first kappa shape index (κ1) is 20.8. The second-order valence-corrected chi connectivity index (χ2v) is 7.52. The Balaban J connectivity index is 1.79. The molecule has 1 fully saturated rings. The van der Waals surface area contributed by atoms with Crippen LogP contribution in [0.25, 0.3) is 6.08 Å². The van der Waals surface area contributed by atoms with Crippen LogP contribution in [0.3, 0.4) is 0 Å². The highest BCUT2D eigenvalue weighted by Crippen LogP contribution is 2.32. The van der Waals surface area contributed by atoms with Gasteiger partial charge in [-0.25, -0.2) is 4.99 Å². The van der Waals surface area contributed by atoms with Crippen molar-refractivity contribution in [2.24, 2.45) is 10.7 Å². The average Bonchev–Trinajstić information content (AvgIpc) is 3.02. The molecule has 150 valence electrons. The number of methoxy groups -OCH3 is 1. The van der Waals surface area contributed by atoms with Crippen LogP contribution in [0.1, 0.15) is 11.1 Å². The van der Waals surface area contributed by atoms with Crippen molar-refractivity contribution in [3.05, 3.63) is 57.5 Å². The molecule has 3 N–H and O–H groups in total. The first-order valence-corrected chi connectivity index (χ1v) is 9.70. The van der Waals surface area contributed by atoms with Gasteiger partial charge in [-0.1, -0.05) is 23.7 Å². The Morgan fingerprint density at radius 1 is 1.28 bits per heavy atom. The van der Waals surface area contributed by atoms with Crippen LogP contribution in [0, 0.1) is 6.92 Å². The van der Waals surface area contributed by atoms with Crippen molar-refractivity contribution in [1.29, 1.82) is 0 Å². The number of nitrogens with one attached hydrogen (secondary N) is 1. The number of nitrogens with two attached hydrogens (primary N) is 1. The second kappa shape index (κ2) is 9.02. The van der Waals surface area contributed by atoms with E-state index in [-0.39, 0.29) is 12.5 Å². The van der Waals surface area contributed by atoms with Crippen LogP contribution >= 0.6 is 23.4 Å². The first-order valence-electron chi connectivity index (χ1n) is 8.50. The molecule has 0 radical (unpaired) electrons. The predicted octanol–water partition coefficient (Wildman–Crippen LogP) is 3.41. The van der Waals surface area contributed by atoms with E-state index in [1.165, 1.54) is 18.9 Å². The number of rotatable bonds is 6. The topological polar surface area (TPSA) is 103 Å². The van der Waals surface area contributed by atoms with Gasteiger partial charge in [0.15, 0.2) is 23.3 Å². The number of ether oxygens (including phenoxy) is 2. The molecule has 0 unspecified atom stereocenters. The van der Waals surface area contributed by atoms with Crippen LogP contribution < -0.4 is 20.5 Å². The van der Waals surface area contributed by atoms with Crippen LogP contribution in [-0.4, -0.2) is 30.7 Å². The molecule has 2 aromatic carbocycles. The van der Waals surface area contributed by atoms with E-state index in [4.69, 9.17) is 26.8 Å². The van der Waals surface area contributed by atoms with E-state index in [9.17, 15) is 9.59 Å². The molecule has 7 nitrogen and oxygen atoms in total. The molecule has 0 atom stereocenters. The van der Waals surface area contributed by atoms with E-state index in [1.54, 1.807) is 30.3 Å². The molecule has 0 aromatic heterocycles. The number of nitrogens with zero attached hydrogens (tertiary/aromatic N) is 1. The van der Waals surface area contributed by atoms with Crippen LogP contribution in [-0.2, 0) is 9.59 Å². The molecule has 1 heterocycles. The van der Waals surface area contributed by atoms with Crippen LogP contribution in [0.15, 0.2) is 46.3 Å². The smallest absolute Gasteiger partial charge is 0.264 e. The van der Waals surface area contributed by atoms with Gasteiger partial charge in [0.2, 0.25) is 0 Å². The summed E-state index contributed by atoms with van der Waals surface area (Å²) in [5, 5.41) is 3.82. The normalized spacial score (nSPS) is 16.2. The first-order chi connectivity index (χ1) is 13.9. The van der Waals surface area contributed by atoms with Crippen molar-refractivity contribution in [2.75, 3.05) is 13.7 Å². The lowest BCUT2D eigenvalue weighted by molar-refractivity contribution is -0.120. The summed E-state index contributed by atoms with van der Waals surface area (Å²) in [6.45, 7) is 1.66. The lowest BCUT2D eigenvalue weighted by Gasteiger charge is -2.10. The maximum absolute atomic E-state index is 12.3. The number of aliphatic imine (C=N–C) groups is 1. The maximum atomic E-state index is 12.3. The van der Waals surface area contributed by atoms with Gasteiger partial charge in [0, 0.05) is 5.02 Å². The zero-order chi connectivity index (χ0) is 21.0. The number of primary amides is 1. The standard InChI is InChI=1S/C20H18ClN3O4S/c1-11-3-5-13(9-14(11)21)23-20-24-19(26)17(29-20)8-12-4-6-15(16(7-12)27-2)28-10-18(22)25/h3-9H,10H2,1-2H3,(H2,22,25)(H,23,24,26)/b17-8-. The monoisotopic (exact) mass is 431 g/mol. The third-order valence-electron chi connectivity index (χ3n) is 3.89. The number of hydrogen-bond acceptors (Lipinski definition) is 6. The van der Waals surface area contributed by atoms with Crippen molar-refractivity contribution in [3.8, 4) is 11.5 Å². The van der Waals surface area contributed by atoms with E-state index in [2.05, 4.69) is 10.3 Å². The zero-order valence-corrected chi connectivity index (χ0v) is 17.3. The summed E-state index contributed by atoms with van der Waals surface area (Å²) in [4.78, 5) is 28.1. The zero-order valence-electron chi connectivity index (χ0n) is 15.7. The molecule has 1 aliphatic heterocycles. The van der Waals surface area contributed by atoms with Crippen LogP contribution in [0.5, 0.6) is 11.5 Å². The van der Waals surface area contributed by atoms with Crippen LogP contribution in [0.4, 0.5) is 5.69 Å². The van der Waals surface area contributed by atoms with Gasteiger partial charge in [-0.3, -0.25) is 9.59 Å². The van der Waals surface area contributed by atoms with E-state index < -0.39 is 5.91 Å². The van der Waals surface area contributed by atoms with Gasteiger partial charge < -0.3 is 20.5 Å². The molecule has 0 spiro atoms. The third-order valence-corrected chi connectivity index (χ3v) is 5.21. The number of carbonyl (C=O) groups excluding carboxylic acids is 2. The van der Waals surface area contributed by atoms with Crippen molar-refractivity contribution < 1.29 is 19.1 Å². The Bertz CT molecular complexity index is 1040. The third kappa shape index (κ3) is 5.30. The predicted molar refractivity (Wildman–Crippen MR) is 115 cm³/mol.